The largest absolute Gasteiger partial charge is 0.518 e. The molecule has 0 unspecified atom stereocenters. The normalized spacial score (nSPS) is 8.67. The van der Waals surface area contributed by atoms with E-state index in [4.69, 9.17) is 0 Å². The minimum absolute atomic E-state index is 0. The highest BCUT2D eigenvalue weighted by molar-refractivity contribution is 7.59. The summed E-state index contributed by atoms with van der Waals surface area (Å²) in [5.41, 5.74) is 0. The van der Waals surface area contributed by atoms with Crippen molar-refractivity contribution in [3.05, 3.63) is 22.1 Å². The molecule has 0 saturated carbocycles. The highest BCUT2D eigenvalue weighted by Gasteiger charge is 1.99. The maximum Gasteiger partial charge on any atom is 0.518 e. The van der Waals surface area contributed by atoms with Crippen LogP contribution >= 0.6 is 13.5 Å². The predicted molar refractivity (Wildman–Crippen MR) is 37.1 cm³/mol. The summed E-state index contributed by atoms with van der Waals surface area (Å²) in [6, 6.07) is 0. The molecule has 0 fully saturated rings. The molecule has 4 heteroatoms. The van der Waals surface area contributed by atoms with Gasteiger partial charge in [0.25, 0.3) is 0 Å². The van der Waals surface area contributed by atoms with Gasteiger partial charge in [-0.15, -0.1) is 0 Å². The first-order chi connectivity index (χ1) is 3.70. The zero-order valence-electron chi connectivity index (χ0n) is 5.22. The van der Waals surface area contributed by atoms with E-state index >= 15 is 0 Å². The average molecular weight is 148 g/mol. The predicted octanol–water partition coefficient (Wildman–Crippen LogP) is 0.962. The zero-order chi connectivity index (χ0) is 6.15. The Kier molecular flexibility index (Phi) is 2.58. The Morgan fingerprint density at radius 3 is 1.56 bits per heavy atom. The van der Waals surface area contributed by atoms with E-state index in [0.717, 1.165) is 0 Å². The molecule has 0 aliphatic heterocycles. The summed E-state index contributed by atoms with van der Waals surface area (Å²) in [6.07, 6.45) is 0. The number of hydrogen-bond donors (Lipinski definition) is 0. The van der Waals surface area contributed by atoms with E-state index in [-0.39, 0.29) is 13.5 Å². The Morgan fingerprint density at radius 2 is 1.44 bits per heavy atom. The van der Waals surface area contributed by atoms with Crippen LogP contribution in [0.3, 0.4) is 0 Å². The molecule has 0 radical (unpaired) electrons. The standard InChI is InChI=1S/C5H6O3.H2S/c1-3-4(2)8-5(6)7-3;/h1-2H3;1H2. The van der Waals surface area contributed by atoms with Crippen LogP contribution in [0.15, 0.2) is 13.6 Å². The van der Waals surface area contributed by atoms with Gasteiger partial charge in [0.15, 0.2) is 0 Å². The van der Waals surface area contributed by atoms with E-state index in [2.05, 4.69) is 8.83 Å². The molecule has 0 aromatic carbocycles. The molecule has 0 saturated heterocycles. The summed E-state index contributed by atoms with van der Waals surface area (Å²) in [7, 11) is 0. The number of aryl methyl sites for hydroxylation is 2. The van der Waals surface area contributed by atoms with Gasteiger partial charge in [-0.1, -0.05) is 0 Å². The van der Waals surface area contributed by atoms with Crippen molar-refractivity contribution in [3.63, 3.8) is 0 Å². The van der Waals surface area contributed by atoms with Gasteiger partial charge in [0.05, 0.1) is 0 Å². The molecular weight excluding hydrogens is 140 g/mol. The van der Waals surface area contributed by atoms with Gasteiger partial charge in [-0.3, -0.25) is 0 Å². The Bertz CT molecular complexity index is 212. The van der Waals surface area contributed by atoms with E-state index in [9.17, 15) is 4.79 Å². The molecule has 1 aromatic rings. The van der Waals surface area contributed by atoms with Crippen molar-refractivity contribution in [2.45, 2.75) is 13.8 Å². The Hall–Kier alpha value is -0.640. The van der Waals surface area contributed by atoms with Gasteiger partial charge in [-0.2, -0.15) is 13.5 Å². The molecule has 0 amide bonds. The fourth-order valence-corrected chi connectivity index (χ4v) is 0.415. The highest BCUT2D eigenvalue weighted by atomic mass is 32.1. The Morgan fingerprint density at radius 1 is 1.11 bits per heavy atom. The molecule has 0 bridgehead atoms. The summed E-state index contributed by atoms with van der Waals surface area (Å²) in [5.74, 6) is 0.477. The lowest BCUT2D eigenvalue weighted by Gasteiger charge is -1.74. The SMILES string of the molecule is Cc1oc(=O)oc1C.S. The summed E-state index contributed by atoms with van der Waals surface area (Å²) in [5, 5.41) is 0. The second kappa shape index (κ2) is 2.77. The van der Waals surface area contributed by atoms with Crippen LogP contribution in [0.1, 0.15) is 11.5 Å². The summed E-state index contributed by atoms with van der Waals surface area (Å²) < 4.78 is 8.98. The minimum atomic E-state index is -0.625. The molecule has 0 spiro atoms. The third kappa shape index (κ3) is 1.64. The van der Waals surface area contributed by atoms with Gasteiger partial charge in [-0.05, 0) is 13.8 Å². The average Bonchev–Trinajstić information content (AvgIpc) is 1.85. The monoisotopic (exact) mass is 148 g/mol. The molecule has 9 heavy (non-hydrogen) atoms. The van der Waals surface area contributed by atoms with Crippen molar-refractivity contribution < 1.29 is 8.83 Å². The first-order valence-corrected chi connectivity index (χ1v) is 2.27. The van der Waals surface area contributed by atoms with Gasteiger partial charge in [0, 0.05) is 0 Å². The second-order valence-electron chi connectivity index (χ2n) is 1.57. The van der Waals surface area contributed by atoms with Crippen LogP contribution < -0.4 is 5.82 Å². The van der Waals surface area contributed by atoms with Crippen molar-refractivity contribution in [2.75, 3.05) is 0 Å². The van der Waals surface area contributed by atoms with Gasteiger partial charge in [0.2, 0.25) is 0 Å². The lowest BCUT2D eigenvalue weighted by atomic mass is 10.4. The lowest BCUT2D eigenvalue weighted by Crippen LogP contribution is -1.85. The third-order valence-electron chi connectivity index (χ3n) is 0.969. The van der Waals surface area contributed by atoms with E-state index in [0.29, 0.717) is 11.5 Å². The fraction of sp³-hybridized carbons (Fsp3) is 0.400. The van der Waals surface area contributed by atoms with E-state index in [1.165, 1.54) is 0 Å². The van der Waals surface area contributed by atoms with Gasteiger partial charge in [0.1, 0.15) is 11.5 Å². The zero-order valence-corrected chi connectivity index (χ0v) is 6.22. The molecule has 0 aliphatic carbocycles. The van der Waals surface area contributed by atoms with Gasteiger partial charge >= 0.3 is 5.82 Å². The van der Waals surface area contributed by atoms with Crippen molar-refractivity contribution in [1.29, 1.82) is 0 Å². The van der Waals surface area contributed by atoms with E-state index < -0.39 is 5.82 Å². The van der Waals surface area contributed by atoms with Crippen LogP contribution in [0, 0.1) is 13.8 Å². The highest BCUT2D eigenvalue weighted by Crippen LogP contribution is 1.99. The Balaban J connectivity index is 0.000000640. The molecule has 0 atom stereocenters. The molecule has 0 aliphatic rings. The van der Waals surface area contributed by atoms with Crippen molar-refractivity contribution in [1.82, 2.24) is 0 Å². The molecule has 52 valence electrons. The summed E-state index contributed by atoms with van der Waals surface area (Å²) >= 11 is 0. The molecule has 1 heterocycles. The van der Waals surface area contributed by atoms with Crippen LogP contribution in [0.5, 0.6) is 0 Å². The number of rotatable bonds is 0. The van der Waals surface area contributed by atoms with Crippen molar-refractivity contribution in [2.24, 2.45) is 0 Å². The van der Waals surface area contributed by atoms with Gasteiger partial charge in [-0.25, -0.2) is 4.79 Å². The second-order valence-corrected chi connectivity index (χ2v) is 1.57. The first-order valence-electron chi connectivity index (χ1n) is 2.27. The van der Waals surface area contributed by atoms with Crippen LogP contribution in [-0.2, 0) is 0 Å². The lowest BCUT2D eigenvalue weighted by molar-refractivity contribution is 0.373. The molecule has 0 N–H and O–H groups in total. The molecule has 1 rings (SSSR count). The summed E-state index contributed by atoms with van der Waals surface area (Å²) in [6.45, 7) is 3.36. The molecular formula is C5H8O3S. The number of hydrogen-bond acceptors (Lipinski definition) is 3. The quantitative estimate of drug-likeness (QED) is 0.550. The maximum atomic E-state index is 10.2. The smallest absolute Gasteiger partial charge is 0.396 e. The minimum Gasteiger partial charge on any atom is -0.396 e. The van der Waals surface area contributed by atoms with Crippen LogP contribution in [-0.4, -0.2) is 0 Å². The van der Waals surface area contributed by atoms with E-state index in [1.807, 2.05) is 0 Å². The molecule has 3 nitrogen and oxygen atoms in total. The molecule has 1 aromatic heterocycles. The van der Waals surface area contributed by atoms with Crippen LogP contribution in [0.4, 0.5) is 0 Å². The van der Waals surface area contributed by atoms with Crippen LogP contribution in [0.25, 0.3) is 0 Å². The topological polar surface area (TPSA) is 43.4 Å². The van der Waals surface area contributed by atoms with Crippen molar-refractivity contribution >= 4 is 13.5 Å². The van der Waals surface area contributed by atoms with Crippen molar-refractivity contribution in [3.8, 4) is 0 Å². The Labute approximate surface area is 59.1 Å². The van der Waals surface area contributed by atoms with E-state index in [1.54, 1.807) is 13.8 Å². The summed E-state index contributed by atoms with van der Waals surface area (Å²) in [4.78, 5) is 10.2. The van der Waals surface area contributed by atoms with Gasteiger partial charge < -0.3 is 8.83 Å². The first kappa shape index (κ1) is 8.36. The third-order valence-corrected chi connectivity index (χ3v) is 0.969. The maximum absolute atomic E-state index is 10.2. The fourth-order valence-electron chi connectivity index (χ4n) is 0.415. The van der Waals surface area contributed by atoms with Crippen LogP contribution in [0.2, 0.25) is 0 Å².